The van der Waals surface area contributed by atoms with Crippen LogP contribution in [0.4, 0.5) is 10.1 Å². The van der Waals surface area contributed by atoms with Crippen molar-refractivity contribution in [3.8, 4) is 5.75 Å². The molecule has 35 heavy (non-hydrogen) atoms. The number of primary amides is 1. The number of rotatable bonds is 6. The molecule has 0 aliphatic rings. The Kier molecular flexibility index (Phi) is 6.38. The van der Waals surface area contributed by atoms with Crippen molar-refractivity contribution in [2.75, 3.05) is 11.4 Å². The number of ketones is 1. The second-order valence-corrected chi connectivity index (χ2v) is 8.21. The fraction of sp³-hybridized carbons (Fsp3) is 0.148. The van der Waals surface area contributed by atoms with Gasteiger partial charge in [-0.15, -0.1) is 0 Å². The summed E-state index contributed by atoms with van der Waals surface area (Å²) in [6.07, 6.45) is 1.86. The van der Waals surface area contributed by atoms with E-state index in [0.29, 0.717) is 12.2 Å². The lowest BCUT2D eigenvalue weighted by molar-refractivity contribution is -0.135. The van der Waals surface area contributed by atoms with Gasteiger partial charge in [-0.1, -0.05) is 12.1 Å². The largest absolute Gasteiger partial charge is 0.507 e. The molecular formula is C27H24FN3O4. The zero-order chi connectivity index (χ0) is 25.3. The number of aryl methyl sites for hydroxylation is 1. The van der Waals surface area contributed by atoms with Gasteiger partial charge in [-0.3, -0.25) is 14.4 Å². The number of aromatic nitrogens is 1. The summed E-state index contributed by atoms with van der Waals surface area (Å²) in [5.41, 5.74) is 8.77. The van der Waals surface area contributed by atoms with Gasteiger partial charge in [-0.05, 0) is 73.5 Å². The number of nitrogens with zero attached hydrogens (tertiary/aromatic N) is 2. The maximum Gasteiger partial charge on any atom is 0.316 e. The van der Waals surface area contributed by atoms with E-state index in [9.17, 15) is 23.9 Å². The third-order valence-electron chi connectivity index (χ3n) is 5.93. The zero-order valence-electron chi connectivity index (χ0n) is 19.3. The fourth-order valence-corrected chi connectivity index (χ4v) is 4.23. The summed E-state index contributed by atoms with van der Waals surface area (Å²) in [4.78, 5) is 38.1. The van der Waals surface area contributed by atoms with Crippen molar-refractivity contribution in [1.29, 1.82) is 0 Å². The molecule has 0 unspecified atom stereocenters. The van der Waals surface area contributed by atoms with Crippen LogP contribution in [-0.4, -0.2) is 33.8 Å². The number of likely N-dealkylation sites (N-methyl/N-ethyl adjacent to an activating group) is 1. The first kappa shape index (κ1) is 23.7. The minimum atomic E-state index is -1.03. The van der Waals surface area contributed by atoms with E-state index in [2.05, 4.69) is 0 Å². The summed E-state index contributed by atoms with van der Waals surface area (Å²) < 4.78 is 15.2. The summed E-state index contributed by atoms with van der Waals surface area (Å²) in [6, 6.07) is 15.4. The van der Waals surface area contributed by atoms with Crippen LogP contribution >= 0.6 is 0 Å². The number of hydrogen-bond acceptors (Lipinski definition) is 4. The lowest BCUT2D eigenvalue weighted by Gasteiger charge is -2.21. The lowest BCUT2D eigenvalue weighted by atomic mass is 10.00. The highest BCUT2D eigenvalue weighted by Gasteiger charge is 2.22. The van der Waals surface area contributed by atoms with E-state index in [1.807, 2.05) is 29.8 Å². The highest BCUT2D eigenvalue weighted by Crippen LogP contribution is 2.32. The van der Waals surface area contributed by atoms with Gasteiger partial charge in [0.1, 0.15) is 11.6 Å². The lowest BCUT2D eigenvalue weighted by Crippen LogP contribution is -2.40. The Morgan fingerprint density at radius 1 is 1.03 bits per heavy atom. The third kappa shape index (κ3) is 4.50. The molecule has 0 saturated carbocycles. The summed E-state index contributed by atoms with van der Waals surface area (Å²) >= 11 is 0. The Morgan fingerprint density at radius 3 is 2.40 bits per heavy atom. The maximum atomic E-state index is 13.2. The average molecular weight is 474 g/mol. The molecule has 0 fully saturated rings. The van der Waals surface area contributed by atoms with E-state index in [0.717, 1.165) is 22.0 Å². The number of phenols is 1. The maximum absolute atomic E-state index is 13.2. The molecular weight excluding hydrogens is 449 g/mol. The van der Waals surface area contributed by atoms with E-state index in [4.69, 9.17) is 5.73 Å². The molecule has 3 aromatic carbocycles. The van der Waals surface area contributed by atoms with Crippen molar-refractivity contribution in [3.63, 3.8) is 0 Å². The van der Waals surface area contributed by atoms with Gasteiger partial charge in [-0.25, -0.2) is 4.39 Å². The second-order valence-electron chi connectivity index (χ2n) is 8.21. The van der Waals surface area contributed by atoms with E-state index < -0.39 is 23.4 Å². The Balaban J connectivity index is 1.72. The normalized spacial score (nSPS) is 10.9. The Morgan fingerprint density at radius 2 is 1.74 bits per heavy atom. The van der Waals surface area contributed by atoms with Crippen LogP contribution in [0.2, 0.25) is 0 Å². The van der Waals surface area contributed by atoms with E-state index in [1.54, 1.807) is 25.1 Å². The smallest absolute Gasteiger partial charge is 0.316 e. The predicted octanol–water partition coefficient (Wildman–Crippen LogP) is 3.91. The number of benzene rings is 3. The Hall–Kier alpha value is -4.46. The molecule has 8 heteroatoms. The number of amides is 2. The van der Waals surface area contributed by atoms with Crippen LogP contribution in [0, 0.1) is 12.7 Å². The van der Waals surface area contributed by atoms with Gasteiger partial charge in [0.2, 0.25) is 0 Å². The number of anilines is 1. The Bertz CT molecular complexity index is 1460. The number of halogens is 1. The number of aromatic hydroxyl groups is 1. The molecule has 4 rings (SSSR count). The van der Waals surface area contributed by atoms with Gasteiger partial charge >= 0.3 is 11.8 Å². The van der Waals surface area contributed by atoms with E-state index >= 15 is 0 Å². The molecule has 0 radical (unpaired) electrons. The molecule has 0 aliphatic heterocycles. The molecule has 1 aromatic heterocycles. The van der Waals surface area contributed by atoms with Crippen LogP contribution in [-0.2, 0) is 16.1 Å². The van der Waals surface area contributed by atoms with Gasteiger partial charge in [0, 0.05) is 30.2 Å². The minimum absolute atomic E-state index is 0.118. The number of fused-ring (bicyclic) bond motifs is 1. The van der Waals surface area contributed by atoms with Crippen molar-refractivity contribution >= 4 is 34.2 Å². The van der Waals surface area contributed by atoms with E-state index in [-0.39, 0.29) is 23.4 Å². The first-order valence-corrected chi connectivity index (χ1v) is 11.0. The van der Waals surface area contributed by atoms with Gasteiger partial charge in [0.05, 0.1) is 16.8 Å². The highest BCUT2D eigenvalue weighted by atomic mass is 19.1. The molecule has 3 N–H and O–H groups in total. The van der Waals surface area contributed by atoms with Crippen LogP contribution in [0.15, 0.2) is 66.9 Å². The number of phenolic OH excluding ortho intramolecular Hbond substituents is 1. The van der Waals surface area contributed by atoms with Gasteiger partial charge < -0.3 is 20.3 Å². The summed E-state index contributed by atoms with van der Waals surface area (Å²) in [6.45, 7) is 4.36. The second kappa shape index (κ2) is 9.42. The molecule has 0 saturated heterocycles. The zero-order valence-corrected chi connectivity index (χ0v) is 19.3. The summed E-state index contributed by atoms with van der Waals surface area (Å²) in [5, 5.41) is 11.1. The van der Waals surface area contributed by atoms with Gasteiger partial charge in [-0.2, -0.15) is 0 Å². The first-order chi connectivity index (χ1) is 16.7. The van der Waals surface area contributed by atoms with Crippen LogP contribution in [0.5, 0.6) is 5.75 Å². The fourth-order valence-electron chi connectivity index (χ4n) is 4.23. The van der Waals surface area contributed by atoms with Gasteiger partial charge in [0.25, 0.3) is 0 Å². The number of hydrogen-bond donors (Lipinski definition) is 2. The van der Waals surface area contributed by atoms with Crippen molar-refractivity contribution in [3.05, 3.63) is 94.9 Å². The number of carbonyl (C=O) groups is 3. The average Bonchev–Trinajstić information content (AvgIpc) is 3.26. The molecule has 0 atom stereocenters. The standard InChI is InChI=1S/C27H24FN3O4/c1-3-31(27(35)26(29)34)22-10-4-16(2)24-20(22)12-13-30(24)15-17-5-11-23(32)21(14-17)25(33)18-6-8-19(28)9-7-18/h4-14,32H,3,15H2,1-2H3,(H2,29,34). The number of carbonyl (C=O) groups excluding carboxylic acids is 3. The van der Waals surface area contributed by atoms with Crippen LogP contribution < -0.4 is 10.6 Å². The topological polar surface area (TPSA) is 106 Å². The van der Waals surface area contributed by atoms with E-state index in [1.165, 1.54) is 35.2 Å². The summed E-state index contributed by atoms with van der Waals surface area (Å²) in [7, 11) is 0. The molecule has 2 amide bonds. The first-order valence-electron chi connectivity index (χ1n) is 11.0. The highest BCUT2D eigenvalue weighted by molar-refractivity contribution is 6.40. The monoisotopic (exact) mass is 473 g/mol. The third-order valence-corrected chi connectivity index (χ3v) is 5.93. The molecule has 7 nitrogen and oxygen atoms in total. The van der Waals surface area contributed by atoms with Crippen LogP contribution in [0.1, 0.15) is 34.0 Å². The molecule has 0 aliphatic carbocycles. The Labute approximate surface area is 201 Å². The van der Waals surface area contributed by atoms with Crippen molar-refractivity contribution in [1.82, 2.24) is 4.57 Å². The van der Waals surface area contributed by atoms with Crippen LogP contribution in [0.3, 0.4) is 0 Å². The molecule has 4 aromatic rings. The number of nitrogens with two attached hydrogens (primary N) is 1. The molecule has 178 valence electrons. The minimum Gasteiger partial charge on any atom is -0.507 e. The molecule has 0 spiro atoms. The molecule has 0 bridgehead atoms. The predicted molar refractivity (Wildman–Crippen MR) is 131 cm³/mol. The van der Waals surface area contributed by atoms with Crippen molar-refractivity contribution < 1.29 is 23.9 Å². The van der Waals surface area contributed by atoms with Gasteiger partial charge in [0.15, 0.2) is 5.78 Å². The quantitative estimate of drug-likeness (QED) is 0.327. The van der Waals surface area contributed by atoms with Crippen molar-refractivity contribution in [2.24, 2.45) is 5.73 Å². The SMILES string of the molecule is CCN(C(=O)C(N)=O)c1ccc(C)c2c1ccn2Cc1ccc(O)c(C(=O)c2ccc(F)cc2)c1. The summed E-state index contributed by atoms with van der Waals surface area (Å²) in [5.74, 6) is -2.84. The molecule has 1 heterocycles. The van der Waals surface area contributed by atoms with Crippen LogP contribution in [0.25, 0.3) is 10.9 Å². The van der Waals surface area contributed by atoms with Crippen molar-refractivity contribution in [2.45, 2.75) is 20.4 Å².